The fraction of sp³-hybridized carbons (Fsp3) is 0.303. The molecule has 3 aromatic carbocycles. The van der Waals surface area contributed by atoms with Gasteiger partial charge < -0.3 is 14.0 Å². The zero-order valence-corrected chi connectivity index (χ0v) is 25.8. The summed E-state index contributed by atoms with van der Waals surface area (Å²) in [6.45, 7) is 9.91. The number of carbonyl (C=O) groups is 1. The fourth-order valence-electron chi connectivity index (χ4n) is 4.99. The van der Waals surface area contributed by atoms with Gasteiger partial charge in [-0.05, 0) is 101 Å². The van der Waals surface area contributed by atoms with Gasteiger partial charge in [0.05, 0.1) is 23.1 Å². The monoisotopic (exact) mass is 601 g/mol. The molecule has 0 N–H and O–H groups in total. The van der Waals surface area contributed by atoms with Crippen LogP contribution in [0.4, 0.5) is 0 Å². The van der Waals surface area contributed by atoms with Gasteiger partial charge in [-0.2, -0.15) is 4.98 Å². The number of aromatic nitrogens is 3. The van der Waals surface area contributed by atoms with Gasteiger partial charge in [0.1, 0.15) is 5.75 Å². The van der Waals surface area contributed by atoms with Gasteiger partial charge >= 0.3 is 5.97 Å². The van der Waals surface area contributed by atoms with Crippen molar-refractivity contribution in [3.63, 3.8) is 0 Å². The molecule has 0 saturated heterocycles. The maximum Gasteiger partial charge on any atom is 0.305 e. The summed E-state index contributed by atoms with van der Waals surface area (Å²) in [4.78, 5) is 16.8. The molecule has 0 spiro atoms. The van der Waals surface area contributed by atoms with Crippen LogP contribution in [-0.4, -0.2) is 41.2 Å². The quantitative estimate of drug-likeness (QED) is 0.151. The molecule has 43 heavy (non-hydrogen) atoms. The SMILES string of the molecule is CCOC(=O)CCCc1ccc(-c2noc(-c3ccc(OC(C)C)c(C)c3)n2)c2c1ccn2S(=O)(=O)c1ccc(C)cc1. The van der Waals surface area contributed by atoms with Gasteiger partial charge in [-0.15, -0.1) is 0 Å². The van der Waals surface area contributed by atoms with Crippen molar-refractivity contribution in [3.05, 3.63) is 83.6 Å². The Labute approximate surface area is 251 Å². The van der Waals surface area contributed by atoms with Crippen LogP contribution in [-0.2, 0) is 26.0 Å². The summed E-state index contributed by atoms with van der Waals surface area (Å²) in [6.07, 6.45) is 2.99. The van der Waals surface area contributed by atoms with E-state index in [2.05, 4.69) is 10.1 Å². The molecule has 0 radical (unpaired) electrons. The largest absolute Gasteiger partial charge is 0.491 e. The third-order valence-electron chi connectivity index (χ3n) is 7.07. The van der Waals surface area contributed by atoms with Crippen LogP contribution in [0.25, 0.3) is 33.7 Å². The first-order chi connectivity index (χ1) is 20.6. The normalized spacial score (nSPS) is 11.8. The van der Waals surface area contributed by atoms with Gasteiger partial charge in [0, 0.05) is 29.1 Å². The first-order valence-electron chi connectivity index (χ1n) is 14.3. The highest BCUT2D eigenvalue weighted by Gasteiger charge is 2.24. The number of esters is 1. The molecule has 0 bridgehead atoms. The molecule has 0 atom stereocenters. The average molecular weight is 602 g/mol. The standard InChI is InChI=1S/C33H35N3O6S/c1-6-40-30(37)9-7-8-24-12-16-28(31-27(24)18-19-36(31)43(38,39)26-14-10-22(4)11-15-26)32-34-33(42-35-32)25-13-17-29(23(5)20-25)41-21(2)3/h10-21H,6-9H2,1-5H3. The Morgan fingerprint density at radius 2 is 1.79 bits per heavy atom. The predicted octanol–water partition coefficient (Wildman–Crippen LogP) is 6.89. The number of rotatable bonds is 11. The topological polar surface area (TPSA) is 114 Å². The first kappa shape index (κ1) is 30.0. The number of fused-ring (bicyclic) bond motifs is 1. The van der Waals surface area contributed by atoms with Crippen LogP contribution in [0.2, 0.25) is 0 Å². The molecule has 0 aliphatic rings. The molecule has 0 unspecified atom stereocenters. The summed E-state index contributed by atoms with van der Waals surface area (Å²) in [6, 6.07) is 17.9. The minimum atomic E-state index is -3.95. The lowest BCUT2D eigenvalue weighted by atomic mass is 10.0. The average Bonchev–Trinajstić information content (AvgIpc) is 3.63. The van der Waals surface area contributed by atoms with Crippen LogP contribution in [0.15, 0.2) is 76.3 Å². The van der Waals surface area contributed by atoms with Crippen molar-refractivity contribution in [3.8, 4) is 28.6 Å². The number of hydrogen-bond acceptors (Lipinski definition) is 8. The fourth-order valence-corrected chi connectivity index (χ4v) is 6.35. The minimum absolute atomic E-state index is 0.0440. The van der Waals surface area contributed by atoms with E-state index in [1.807, 2.05) is 58.0 Å². The lowest BCUT2D eigenvalue weighted by Crippen LogP contribution is -2.12. The highest BCUT2D eigenvalue weighted by atomic mass is 32.2. The van der Waals surface area contributed by atoms with Gasteiger partial charge in [-0.3, -0.25) is 4.79 Å². The van der Waals surface area contributed by atoms with Crippen LogP contribution in [0.3, 0.4) is 0 Å². The molecule has 0 saturated carbocycles. The summed E-state index contributed by atoms with van der Waals surface area (Å²) in [5.41, 5.74) is 4.47. The summed E-state index contributed by atoms with van der Waals surface area (Å²) in [5.74, 6) is 1.09. The summed E-state index contributed by atoms with van der Waals surface area (Å²) in [5, 5.41) is 4.98. The molecule has 10 heteroatoms. The molecule has 0 aliphatic carbocycles. The van der Waals surface area contributed by atoms with Crippen molar-refractivity contribution in [2.24, 2.45) is 0 Å². The third-order valence-corrected chi connectivity index (χ3v) is 8.76. The molecule has 9 nitrogen and oxygen atoms in total. The van der Waals surface area contributed by atoms with Gasteiger partial charge in [0.15, 0.2) is 0 Å². The van der Waals surface area contributed by atoms with E-state index in [9.17, 15) is 13.2 Å². The van der Waals surface area contributed by atoms with E-state index in [4.69, 9.17) is 14.0 Å². The third kappa shape index (κ3) is 6.34. The summed E-state index contributed by atoms with van der Waals surface area (Å²) in [7, 11) is -3.95. The lowest BCUT2D eigenvalue weighted by Gasteiger charge is -2.12. The van der Waals surface area contributed by atoms with Crippen LogP contribution >= 0.6 is 0 Å². The lowest BCUT2D eigenvalue weighted by molar-refractivity contribution is -0.143. The van der Waals surface area contributed by atoms with Crippen molar-refractivity contribution in [2.45, 2.75) is 64.9 Å². The smallest absolute Gasteiger partial charge is 0.305 e. The number of aryl methyl sites for hydroxylation is 3. The van der Waals surface area contributed by atoms with Gasteiger partial charge in [0.25, 0.3) is 15.9 Å². The first-order valence-corrected chi connectivity index (χ1v) is 15.7. The Bertz CT molecular complexity index is 1870. The zero-order chi connectivity index (χ0) is 30.7. The van der Waals surface area contributed by atoms with Gasteiger partial charge in [0.2, 0.25) is 5.82 Å². The van der Waals surface area contributed by atoms with E-state index in [-0.39, 0.29) is 29.2 Å². The van der Waals surface area contributed by atoms with Crippen molar-refractivity contribution in [1.29, 1.82) is 0 Å². The molecular formula is C33H35N3O6S. The second-order valence-corrected chi connectivity index (χ2v) is 12.5. The number of ether oxygens (including phenoxy) is 2. The van der Waals surface area contributed by atoms with E-state index in [0.29, 0.717) is 36.4 Å². The molecular weight excluding hydrogens is 566 g/mol. The Morgan fingerprint density at radius 3 is 2.49 bits per heavy atom. The van der Waals surface area contributed by atoms with Crippen molar-refractivity contribution < 1.29 is 27.2 Å². The van der Waals surface area contributed by atoms with Crippen LogP contribution in [0, 0.1) is 13.8 Å². The van der Waals surface area contributed by atoms with Gasteiger partial charge in [-0.1, -0.05) is 28.9 Å². The summed E-state index contributed by atoms with van der Waals surface area (Å²) >= 11 is 0. The highest BCUT2D eigenvalue weighted by Crippen LogP contribution is 2.35. The second-order valence-electron chi connectivity index (χ2n) is 10.7. The highest BCUT2D eigenvalue weighted by molar-refractivity contribution is 7.90. The van der Waals surface area contributed by atoms with E-state index in [1.54, 1.807) is 43.5 Å². The molecule has 2 heterocycles. The Hall–Kier alpha value is -4.44. The van der Waals surface area contributed by atoms with E-state index < -0.39 is 10.0 Å². The Kier molecular flexibility index (Phi) is 8.68. The molecule has 0 amide bonds. The number of hydrogen-bond donors (Lipinski definition) is 0. The van der Waals surface area contributed by atoms with Crippen LogP contribution in [0.5, 0.6) is 5.75 Å². The van der Waals surface area contributed by atoms with Crippen molar-refractivity contribution in [1.82, 2.24) is 14.1 Å². The Balaban J connectivity index is 1.58. The minimum Gasteiger partial charge on any atom is -0.491 e. The van der Waals surface area contributed by atoms with Gasteiger partial charge in [-0.25, -0.2) is 12.4 Å². The number of benzene rings is 3. The molecule has 2 aromatic heterocycles. The van der Waals surface area contributed by atoms with E-state index >= 15 is 0 Å². The number of carbonyl (C=O) groups excluding carboxylic acids is 1. The van der Waals surface area contributed by atoms with Crippen LogP contribution < -0.4 is 4.74 Å². The molecule has 0 aliphatic heterocycles. The molecule has 5 aromatic rings. The molecule has 224 valence electrons. The number of nitrogens with zero attached hydrogens (tertiary/aromatic N) is 3. The van der Waals surface area contributed by atoms with E-state index in [0.717, 1.165) is 33.4 Å². The maximum absolute atomic E-state index is 13.9. The Morgan fingerprint density at radius 1 is 1.02 bits per heavy atom. The zero-order valence-electron chi connectivity index (χ0n) is 25.0. The second kappa shape index (κ2) is 12.4. The van der Waals surface area contributed by atoms with Crippen molar-refractivity contribution in [2.75, 3.05) is 6.61 Å². The maximum atomic E-state index is 13.9. The molecule has 5 rings (SSSR count). The molecule has 0 fully saturated rings. The van der Waals surface area contributed by atoms with Crippen molar-refractivity contribution >= 4 is 26.9 Å². The summed E-state index contributed by atoms with van der Waals surface area (Å²) < 4.78 is 45.6. The predicted molar refractivity (Wildman–Crippen MR) is 165 cm³/mol. The van der Waals surface area contributed by atoms with E-state index in [1.165, 1.54) is 3.97 Å². The van der Waals surface area contributed by atoms with Crippen LogP contribution in [0.1, 0.15) is 50.3 Å².